The quantitative estimate of drug-likeness (QED) is 0.714. The molecule has 3 N–H and O–H groups in total. The Hall–Kier alpha value is -0.850. The van der Waals surface area contributed by atoms with E-state index in [-0.39, 0.29) is 12.1 Å². The van der Waals surface area contributed by atoms with E-state index in [0.29, 0.717) is 38.6 Å². The normalized spacial score (nSPS) is 24.0. The molecule has 0 aromatic rings. The lowest BCUT2D eigenvalue weighted by molar-refractivity contribution is -0.0601. The Balaban J connectivity index is 1.66. The largest absolute Gasteiger partial charge is 0.388 e. The predicted molar refractivity (Wildman–Crippen MR) is 81.3 cm³/mol. The smallest absolute Gasteiger partial charge is 0.315 e. The molecule has 0 aliphatic carbocycles. The molecule has 21 heavy (non-hydrogen) atoms. The van der Waals surface area contributed by atoms with E-state index in [1.807, 2.05) is 0 Å². The number of ether oxygens (including phenoxy) is 1. The van der Waals surface area contributed by atoms with Crippen molar-refractivity contribution in [3.05, 3.63) is 0 Å². The number of carbonyl (C=O) groups excluding carboxylic acids is 1. The minimum Gasteiger partial charge on any atom is -0.388 e. The number of nitrogens with zero attached hydrogens (tertiary/aromatic N) is 1. The van der Waals surface area contributed by atoms with E-state index in [1.165, 1.54) is 0 Å². The van der Waals surface area contributed by atoms with E-state index >= 15 is 0 Å². The summed E-state index contributed by atoms with van der Waals surface area (Å²) in [5, 5.41) is 16.1. The molecule has 0 spiro atoms. The van der Waals surface area contributed by atoms with Gasteiger partial charge in [-0.2, -0.15) is 0 Å². The van der Waals surface area contributed by atoms with E-state index in [4.69, 9.17) is 4.74 Å². The van der Waals surface area contributed by atoms with Crippen molar-refractivity contribution in [3.63, 3.8) is 0 Å². The Bertz CT molecular complexity index is 335. The molecule has 2 aliphatic rings. The highest BCUT2D eigenvalue weighted by Gasteiger charge is 2.30. The summed E-state index contributed by atoms with van der Waals surface area (Å²) < 4.78 is 5.23. The summed E-state index contributed by atoms with van der Waals surface area (Å²) in [7, 11) is 0. The van der Waals surface area contributed by atoms with Gasteiger partial charge in [-0.1, -0.05) is 0 Å². The summed E-state index contributed by atoms with van der Waals surface area (Å²) in [5.74, 6) is 0. The van der Waals surface area contributed by atoms with Crippen LogP contribution in [0.1, 0.15) is 39.5 Å². The molecule has 0 unspecified atom stereocenters. The average Bonchev–Trinajstić information content (AvgIpc) is 2.47. The van der Waals surface area contributed by atoms with Gasteiger partial charge in [-0.05, 0) is 26.7 Å². The molecule has 2 fully saturated rings. The Labute approximate surface area is 127 Å². The van der Waals surface area contributed by atoms with Crippen LogP contribution in [0.25, 0.3) is 0 Å². The molecule has 0 saturated carbocycles. The van der Waals surface area contributed by atoms with Crippen molar-refractivity contribution in [1.29, 1.82) is 0 Å². The third kappa shape index (κ3) is 5.13. The Morgan fingerprint density at radius 1 is 1.33 bits per heavy atom. The van der Waals surface area contributed by atoms with E-state index in [9.17, 15) is 9.90 Å². The van der Waals surface area contributed by atoms with Crippen LogP contribution in [0.4, 0.5) is 4.79 Å². The minimum atomic E-state index is -0.809. The highest BCUT2D eigenvalue weighted by Crippen LogP contribution is 2.19. The number of nitrogens with one attached hydrogen (secondary N) is 2. The van der Waals surface area contributed by atoms with Crippen LogP contribution in [-0.2, 0) is 4.74 Å². The maximum Gasteiger partial charge on any atom is 0.315 e. The molecule has 2 aliphatic heterocycles. The minimum absolute atomic E-state index is 0.169. The highest BCUT2D eigenvalue weighted by atomic mass is 16.5. The molecular weight excluding hydrogens is 270 g/mol. The summed E-state index contributed by atoms with van der Waals surface area (Å²) in [6, 6.07) is 0.643. The number of hydrogen-bond acceptors (Lipinski definition) is 4. The van der Waals surface area contributed by atoms with Crippen LogP contribution in [-0.4, -0.2) is 66.6 Å². The second-order valence-electron chi connectivity index (χ2n) is 6.57. The topological polar surface area (TPSA) is 73.8 Å². The lowest BCUT2D eigenvalue weighted by Crippen LogP contribution is -2.52. The number of likely N-dealkylation sites (tertiary alicyclic amines) is 1. The van der Waals surface area contributed by atoms with E-state index in [1.54, 1.807) is 0 Å². The van der Waals surface area contributed by atoms with E-state index in [2.05, 4.69) is 29.4 Å². The summed E-state index contributed by atoms with van der Waals surface area (Å²) in [6.45, 7) is 7.89. The Kier molecular flexibility index (Phi) is 5.84. The zero-order valence-electron chi connectivity index (χ0n) is 13.2. The zero-order chi connectivity index (χ0) is 15.3. The number of rotatable bonds is 4. The van der Waals surface area contributed by atoms with Gasteiger partial charge in [-0.15, -0.1) is 0 Å². The highest BCUT2D eigenvalue weighted by molar-refractivity contribution is 5.74. The van der Waals surface area contributed by atoms with Crippen molar-refractivity contribution < 1.29 is 14.6 Å². The van der Waals surface area contributed by atoms with Crippen molar-refractivity contribution in [2.24, 2.45) is 0 Å². The molecule has 0 atom stereocenters. The van der Waals surface area contributed by atoms with Crippen LogP contribution in [0.15, 0.2) is 0 Å². The number of amides is 2. The first-order chi connectivity index (χ1) is 9.98. The zero-order valence-corrected chi connectivity index (χ0v) is 13.2. The Morgan fingerprint density at radius 2 is 1.95 bits per heavy atom. The number of urea groups is 1. The number of piperidine rings is 1. The van der Waals surface area contributed by atoms with Crippen molar-refractivity contribution >= 4 is 6.03 Å². The van der Waals surface area contributed by atoms with Crippen molar-refractivity contribution in [1.82, 2.24) is 15.5 Å². The fourth-order valence-corrected chi connectivity index (χ4v) is 2.97. The molecule has 2 heterocycles. The molecule has 2 rings (SSSR count). The average molecular weight is 299 g/mol. The monoisotopic (exact) mass is 299 g/mol. The van der Waals surface area contributed by atoms with Crippen LogP contribution >= 0.6 is 0 Å². The maximum absolute atomic E-state index is 11.9. The summed E-state index contributed by atoms with van der Waals surface area (Å²) >= 11 is 0. The molecule has 122 valence electrons. The first kappa shape index (κ1) is 16.5. The standard InChI is InChI=1S/C15H29N3O3/c1-12(2)18-7-3-13(4-8-18)17-14(19)16-11-15(20)5-9-21-10-6-15/h12-13,20H,3-11H2,1-2H3,(H2,16,17,19). The molecule has 6 nitrogen and oxygen atoms in total. The molecule has 2 saturated heterocycles. The summed E-state index contributed by atoms with van der Waals surface area (Å²) in [4.78, 5) is 14.4. The van der Waals surface area contributed by atoms with Crippen LogP contribution in [0.3, 0.4) is 0 Å². The fourth-order valence-electron chi connectivity index (χ4n) is 2.97. The van der Waals surface area contributed by atoms with Gasteiger partial charge in [0, 0.05) is 57.8 Å². The van der Waals surface area contributed by atoms with Gasteiger partial charge in [0.05, 0.1) is 5.60 Å². The summed E-state index contributed by atoms with van der Waals surface area (Å²) in [5.41, 5.74) is -0.809. The van der Waals surface area contributed by atoms with Crippen LogP contribution in [0.2, 0.25) is 0 Å². The first-order valence-electron chi connectivity index (χ1n) is 8.07. The summed E-state index contributed by atoms with van der Waals surface area (Å²) in [6.07, 6.45) is 3.15. The van der Waals surface area contributed by atoms with Gasteiger partial charge in [-0.25, -0.2) is 4.79 Å². The van der Waals surface area contributed by atoms with Gasteiger partial charge in [-0.3, -0.25) is 0 Å². The molecular formula is C15H29N3O3. The predicted octanol–water partition coefficient (Wildman–Crippen LogP) is 0.700. The third-order valence-electron chi connectivity index (χ3n) is 4.60. The maximum atomic E-state index is 11.9. The first-order valence-corrected chi connectivity index (χ1v) is 8.07. The molecule has 0 aromatic carbocycles. The van der Waals surface area contributed by atoms with Crippen molar-refractivity contribution in [3.8, 4) is 0 Å². The SMILES string of the molecule is CC(C)N1CCC(NC(=O)NCC2(O)CCOCC2)CC1. The fraction of sp³-hybridized carbons (Fsp3) is 0.933. The lowest BCUT2D eigenvalue weighted by Gasteiger charge is -2.35. The second kappa shape index (κ2) is 7.42. The van der Waals surface area contributed by atoms with E-state index in [0.717, 1.165) is 25.9 Å². The van der Waals surface area contributed by atoms with Gasteiger partial charge in [0.25, 0.3) is 0 Å². The molecule has 0 aromatic heterocycles. The number of hydrogen-bond donors (Lipinski definition) is 3. The van der Waals surface area contributed by atoms with Gasteiger partial charge < -0.3 is 25.4 Å². The third-order valence-corrected chi connectivity index (χ3v) is 4.60. The molecule has 0 bridgehead atoms. The number of carbonyl (C=O) groups is 1. The lowest BCUT2D eigenvalue weighted by atomic mass is 9.94. The van der Waals surface area contributed by atoms with Gasteiger partial charge in [0.15, 0.2) is 0 Å². The van der Waals surface area contributed by atoms with E-state index < -0.39 is 5.60 Å². The van der Waals surface area contributed by atoms with Crippen molar-refractivity contribution in [2.45, 2.75) is 57.2 Å². The Morgan fingerprint density at radius 3 is 2.52 bits per heavy atom. The van der Waals surface area contributed by atoms with Crippen LogP contribution < -0.4 is 10.6 Å². The molecule has 0 radical (unpaired) electrons. The second-order valence-corrected chi connectivity index (χ2v) is 6.57. The van der Waals surface area contributed by atoms with Crippen LogP contribution in [0.5, 0.6) is 0 Å². The van der Waals surface area contributed by atoms with Crippen LogP contribution in [0, 0.1) is 0 Å². The molecule has 2 amide bonds. The number of aliphatic hydroxyl groups is 1. The molecule has 6 heteroatoms. The van der Waals surface area contributed by atoms with Gasteiger partial charge >= 0.3 is 6.03 Å². The van der Waals surface area contributed by atoms with Gasteiger partial charge in [0.2, 0.25) is 0 Å². The van der Waals surface area contributed by atoms with Gasteiger partial charge in [0.1, 0.15) is 0 Å². The van der Waals surface area contributed by atoms with Crippen molar-refractivity contribution in [2.75, 3.05) is 32.8 Å².